The number of nitrogens with one attached hydrogen (secondary N) is 1. The van der Waals surface area contributed by atoms with Crippen LogP contribution in [0.4, 0.5) is 5.69 Å². The summed E-state index contributed by atoms with van der Waals surface area (Å²) in [7, 11) is 0. The fourth-order valence-corrected chi connectivity index (χ4v) is 2.20. The lowest BCUT2D eigenvalue weighted by molar-refractivity contribution is -0.113. The SMILES string of the molecule is CC(N)CSCC(=O)Nc1cc(Cl)ccc1Cl. The number of carbonyl (C=O) groups excluding carboxylic acids is 1. The van der Waals surface area contributed by atoms with E-state index in [0.717, 1.165) is 5.75 Å². The molecule has 0 saturated carbocycles. The van der Waals surface area contributed by atoms with Gasteiger partial charge < -0.3 is 11.1 Å². The average molecular weight is 293 g/mol. The highest BCUT2D eigenvalue weighted by Crippen LogP contribution is 2.25. The van der Waals surface area contributed by atoms with Crippen LogP contribution in [0.1, 0.15) is 6.92 Å². The summed E-state index contributed by atoms with van der Waals surface area (Å²) in [6.07, 6.45) is 0. The summed E-state index contributed by atoms with van der Waals surface area (Å²) in [5.74, 6) is 0.987. The Balaban J connectivity index is 2.47. The van der Waals surface area contributed by atoms with Gasteiger partial charge in [0, 0.05) is 16.8 Å². The molecule has 1 unspecified atom stereocenters. The monoisotopic (exact) mass is 292 g/mol. The molecule has 0 aliphatic rings. The van der Waals surface area contributed by atoms with Crippen LogP contribution in [0.5, 0.6) is 0 Å². The first kappa shape index (κ1) is 14.6. The number of hydrogen-bond acceptors (Lipinski definition) is 3. The van der Waals surface area contributed by atoms with Crippen LogP contribution >= 0.6 is 35.0 Å². The zero-order chi connectivity index (χ0) is 12.8. The van der Waals surface area contributed by atoms with E-state index in [9.17, 15) is 4.79 Å². The maximum Gasteiger partial charge on any atom is 0.234 e. The van der Waals surface area contributed by atoms with Crippen LogP contribution in [0.15, 0.2) is 18.2 Å². The number of rotatable bonds is 5. The molecule has 0 bridgehead atoms. The van der Waals surface area contributed by atoms with E-state index in [0.29, 0.717) is 21.5 Å². The normalized spacial score (nSPS) is 12.2. The van der Waals surface area contributed by atoms with Crippen molar-refractivity contribution in [1.29, 1.82) is 0 Å². The number of carbonyl (C=O) groups is 1. The molecule has 94 valence electrons. The molecule has 1 amide bonds. The summed E-state index contributed by atoms with van der Waals surface area (Å²) in [5, 5.41) is 3.72. The highest BCUT2D eigenvalue weighted by atomic mass is 35.5. The molecule has 0 saturated heterocycles. The lowest BCUT2D eigenvalue weighted by Crippen LogP contribution is -2.20. The lowest BCUT2D eigenvalue weighted by Gasteiger charge is -2.08. The van der Waals surface area contributed by atoms with Gasteiger partial charge in [0.25, 0.3) is 0 Å². The molecule has 0 aliphatic heterocycles. The van der Waals surface area contributed by atoms with Crippen molar-refractivity contribution in [3.05, 3.63) is 28.2 Å². The second kappa shape index (κ2) is 7.11. The minimum absolute atomic E-state index is 0.0857. The molecule has 1 aromatic carbocycles. The van der Waals surface area contributed by atoms with Gasteiger partial charge in [-0.15, -0.1) is 0 Å². The molecule has 0 aromatic heterocycles. The maximum atomic E-state index is 11.6. The van der Waals surface area contributed by atoms with E-state index in [-0.39, 0.29) is 11.9 Å². The largest absolute Gasteiger partial charge is 0.327 e. The second-order valence-corrected chi connectivity index (χ2v) is 5.54. The van der Waals surface area contributed by atoms with Crippen molar-refractivity contribution in [3.63, 3.8) is 0 Å². The first-order valence-corrected chi connectivity index (χ1v) is 6.98. The van der Waals surface area contributed by atoms with E-state index in [4.69, 9.17) is 28.9 Å². The van der Waals surface area contributed by atoms with E-state index < -0.39 is 0 Å². The zero-order valence-electron chi connectivity index (χ0n) is 9.37. The third-order valence-electron chi connectivity index (χ3n) is 1.82. The number of thioether (sulfide) groups is 1. The Morgan fingerprint density at radius 2 is 2.24 bits per heavy atom. The van der Waals surface area contributed by atoms with Crippen molar-refractivity contribution >= 4 is 46.6 Å². The zero-order valence-corrected chi connectivity index (χ0v) is 11.7. The Bertz CT molecular complexity index is 399. The Labute approximate surface area is 115 Å². The van der Waals surface area contributed by atoms with Gasteiger partial charge in [0.15, 0.2) is 0 Å². The van der Waals surface area contributed by atoms with Crippen LogP contribution in [0.3, 0.4) is 0 Å². The first-order valence-electron chi connectivity index (χ1n) is 5.07. The quantitative estimate of drug-likeness (QED) is 0.877. The third-order valence-corrected chi connectivity index (χ3v) is 3.61. The van der Waals surface area contributed by atoms with E-state index in [1.807, 2.05) is 6.92 Å². The molecule has 0 spiro atoms. The van der Waals surface area contributed by atoms with Gasteiger partial charge in [-0.1, -0.05) is 23.2 Å². The summed E-state index contributed by atoms with van der Waals surface area (Å²) in [4.78, 5) is 11.6. The number of anilines is 1. The van der Waals surface area contributed by atoms with Gasteiger partial charge in [-0.3, -0.25) is 4.79 Å². The van der Waals surface area contributed by atoms with Crippen LogP contribution in [0, 0.1) is 0 Å². The molecule has 0 heterocycles. The van der Waals surface area contributed by atoms with Gasteiger partial charge in [0.2, 0.25) is 5.91 Å². The van der Waals surface area contributed by atoms with Gasteiger partial charge in [0.1, 0.15) is 0 Å². The van der Waals surface area contributed by atoms with Gasteiger partial charge in [-0.2, -0.15) is 11.8 Å². The maximum absolute atomic E-state index is 11.6. The Kier molecular flexibility index (Phi) is 6.12. The minimum Gasteiger partial charge on any atom is -0.327 e. The molecule has 17 heavy (non-hydrogen) atoms. The fourth-order valence-electron chi connectivity index (χ4n) is 1.12. The van der Waals surface area contributed by atoms with Crippen molar-refractivity contribution < 1.29 is 4.79 Å². The molecule has 1 rings (SSSR count). The Morgan fingerprint density at radius 3 is 2.88 bits per heavy atom. The molecular weight excluding hydrogens is 279 g/mol. The van der Waals surface area contributed by atoms with Crippen molar-refractivity contribution in [3.8, 4) is 0 Å². The molecule has 0 fully saturated rings. The van der Waals surface area contributed by atoms with E-state index in [1.54, 1.807) is 18.2 Å². The predicted molar refractivity (Wildman–Crippen MR) is 76.1 cm³/mol. The summed E-state index contributed by atoms with van der Waals surface area (Å²) >= 11 is 13.2. The van der Waals surface area contributed by atoms with Crippen LogP contribution in [0.25, 0.3) is 0 Å². The number of nitrogens with two attached hydrogens (primary N) is 1. The average Bonchev–Trinajstić information content (AvgIpc) is 2.23. The molecule has 3 nitrogen and oxygen atoms in total. The van der Waals surface area contributed by atoms with Crippen molar-refractivity contribution in [2.75, 3.05) is 16.8 Å². The van der Waals surface area contributed by atoms with Crippen LogP contribution in [-0.2, 0) is 4.79 Å². The van der Waals surface area contributed by atoms with E-state index in [1.165, 1.54) is 11.8 Å². The summed E-state index contributed by atoms with van der Waals surface area (Å²) in [5.41, 5.74) is 6.12. The Morgan fingerprint density at radius 1 is 1.53 bits per heavy atom. The number of hydrogen-bond donors (Lipinski definition) is 2. The van der Waals surface area contributed by atoms with Gasteiger partial charge in [0.05, 0.1) is 16.5 Å². The van der Waals surface area contributed by atoms with Gasteiger partial charge in [-0.25, -0.2) is 0 Å². The second-order valence-electron chi connectivity index (χ2n) is 3.66. The standard InChI is InChI=1S/C11H14Cl2N2OS/c1-7(14)5-17-6-11(16)15-10-4-8(12)2-3-9(10)13/h2-4,7H,5-6,14H2,1H3,(H,15,16). The lowest BCUT2D eigenvalue weighted by atomic mass is 10.3. The molecule has 0 radical (unpaired) electrons. The highest BCUT2D eigenvalue weighted by Gasteiger charge is 2.07. The van der Waals surface area contributed by atoms with Crippen LogP contribution < -0.4 is 11.1 Å². The van der Waals surface area contributed by atoms with Crippen molar-refractivity contribution in [2.24, 2.45) is 5.73 Å². The fraction of sp³-hybridized carbons (Fsp3) is 0.364. The van der Waals surface area contributed by atoms with E-state index >= 15 is 0 Å². The number of benzene rings is 1. The Hall–Kier alpha value is -0.420. The first-order chi connectivity index (χ1) is 7.99. The van der Waals surface area contributed by atoms with Crippen molar-refractivity contribution in [1.82, 2.24) is 0 Å². The van der Waals surface area contributed by atoms with Crippen LogP contribution in [-0.4, -0.2) is 23.5 Å². The summed E-state index contributed by atoms with van der Waals surface area (Å²) in [6.45, 7) is 1.90. The van der Waals surface area contributed by atoms with Gasteiger partial charge in [-0.05, 0) is 25.1 Å². The number of halogens is 2. The summed E-state index contributed by atoms with van der Waals surface area (Å²) < 4.78 is 0. The summed E-state index contributed by atoms with van der Waals surface area (Å²) in [6, 6.07) is 5.03. The van der Waals surface area contributed by atoms with Crippen molar-refractivity contribution in [2.45, 2.75) is 13.0 Å². The third kappa shape index (κ3) is 5.64. The highest BCUT2D eigenvalue weighted by molar-refractivity contribution is 8.00. The molecule has 3 N–H and O–H groups in total. The van der Waals surface area contributed by atoms with E-state index in [2.05, 4.69) is 5.32 Å². The molecule has 1 atom stereocenters. The minimum atomic E-state index is -0.111. The van der Waals surface area contributed by atoms with Crippen LogP contribution in [0.2, 0.25) is 10.0 Å². The smallest absolute Gasteiger partial charge is 0.234 e. The molecule has 0 aliphatic carbocycles. The van der Waals surface area contributed by atoms with Gasteiger partial charge >= 0.3 is 0 Å². The topological polar surface area (TPSA) is 55.1 Å². The molecule has 6 heteroatoms. The molecular formula is C11H14Cl2N2OS. The predicted octanol–water partition coefficient (Wildman–Crippen LogP) is 3.01. The molecule has 1 aromatic rings. The number of amides is 1.